The van der Waals surface area contributed by atoms with E-state index >= 15 is 0 Å². The van der Waals surface area contributed by atoms with E-state index in [2.05, 4.69) is 119 Å². The van der Waals surface area contributed by atoms with Gasteiger partial charge in [-0.25, -0.2) is 0 Å². The normalized spacial score (nSPS) is 13.3. The van der Waals surface area contributed by atoms with E-state index in [1.165, 1.54) is 37.8 Å². The first-order valence-corrected chi connectivity index (χ1v) is 14.5. The number of fused-ring (bicyclic) bond motifs is 3. The molecule has 0 nitrogen and oxygen atoms in total. The van der Waals surface area contributed by atoms with Crippen molar-refractivity contribution in [3.05, 3.63) is 152 Å². The van der Waals surface area contributed by atoms with Crippen molar-refractivity contribution >= 4 is 63.0 Å². The van der Waals surface area contributed by atoms with Crippen molar-refractivity contribution in [1.29, 1.82) is 0 Å². The molecule has 0 spiro atoms. The quantitative estimate of drug-likeness (QED) is 0.140. The van der Waals surface area contributed by atoms with Gasteiger partial charge in [-0.15, -0.1) is 0 Å². The Balaban J connectivity index is 1.67. The standard InChI is InChI=1S/C31H19BrCl2Se/c32-30-26(34)18-22(33)19-28(30)35-27-17-9-16-25-29(27)23-14-7-8-15-24(23)31(25,20-10-3-1-4-11-20)21-12-5-2-6-13-21/h1-19H. The van der Waals surface area contributed by atoms with E-state index in [1.54, 1.807) is 6.07 Å². The Hall–Kier alpha value is -2.32. The average Bonchev–Trinajstić information content (AvgIpc) is 3.20. The van der Waals surface area contributed by atoms with E-state index in [0.717, 1.165) is 8.93 Å². The molecule has 0 amide bonds. The van der Waals surface area contributed by atoms with Gasteiger partial charge in [0.25, 0.3) is 0 Å². The molecule has 0 aromatic heterocycles. The summed E-state index contributed by atoms with van der Waals surface area (Å²) in [6.07, 6.45) is 0. The third-order valence-electron chi connectivity index (χ3n) is 6.62. The minimum absolute atomic E-state index is 0.00468. The molecule has 0 fully saturated rings. The van der Waals surface area contributed by atoms with Crippen molar-refractivity contribution < 1.29 is 0 Å². The van der Waals surface area contributed by atoms with Gasteiger partial charge in [-0.1, -0.05) is 0 Å². The van der Waals surface area contributed by atoms with Crippen LogP contribution >= 0.6 is 39.1 Å². The van der Waals surface area contributed by atoms with Crippen LogP contribution in [0.2, 0.25) is 10.0 Å². The van der Waals surface area contributed by atoms with Crippen molar-refractivity contribution in [2.45, 2.75) is 5.41 Å². The predicted molar refractivity (Wildman–Crippen MR) is 153 cm³/mol. The molecule has 0 atom stereocenters. The van der Waals surface area contributed by atoms with Gasteiger partial charge in [-0.05, 0) is 0 Å². The zero-order chi connectivity index (χ0) is 24.0. The van der Waals surface area contributed by atoms with Crippen LogP contribution in [0, 0.1) is 0 Å². The maximum atomic E-state index is 6.47. The summed E-state index contributed by atoms with van der Waals surface area (Å²) >= 11 is 16.6. The van der Waals surface area contributed by atoms with E-state index in [4.69, 9.17) is 23.2 Å². The summed E-state index contributed by atoms with van der Waals surface area (Å²) in [4.78, 5) is 0. The predicted octanol–water partition coefficient (Wildman–Crippen LogP) is 7.77. The van der Waals surface area contributed by atoms with Crippen molar-refractivity contribution in [2.75, 3.05) is 0 Å². The third kappa shape index (κ3) is 3.71. The van der Waals surface area contributed by atoms with Crippen LogP contribution in [0.25, 0.3) is 11.1 Å². The Morgan fingerprint density at radius 3 is 1.89 bits per heavy atom. The second kappa shape index (κ2) is 9.28. The van der Waals surface area contributed by atoms with Crippen LogP contribution in [-0.4, -0.2) is 15.0 Å². The Morgan fingerprint density at radius 1 is 0.600 bits per heavy atom. The van der Waals surface area contributed by atoms with Gasteiger partial charge in [0.2, 0.25) is 0 Å². The summed E-state index contributed by atoms with van der Waals surface area (Å²) < 4.78 is 3.37. The molecule has 1 aliphatic rings. The molecule has 0 N–H and O–H groups in total. The van der Waals surface area contributed by atoms with E-state index in [1.807, 2.05) is 6.07 Å². The zero-order valence-corrected chi connectivity index (χ0v) is 23.3. The average molecular weight is 621 g/mol. The first-order chi connectivity index (χ1) is 17.1. The van der Waals surface area contributed by atoms with Gasteiger partial charge in [0.05, 0.1) is 0 Å². The molecule has 0 unspecified atom stereocenters. The molecule has 170 valence electrons. The van der Waals surface area contributed by atoms with E-state index in [0.29, 0.717) is 10.0 Å². The van der Waals surface area contributed by atoms with Crippen molar-refractivity contribution in [1.82, 2.24) is 0 Å². The molecule has 0 saturated heterocycles. The summed E-state index contributed by atoms with van der Waals surface area (Å²) in [6, 6.07) is 41.2. The Labute approximate surface area is 230 Å². The van der Waals surface area contributed by atoms with Gasteiger partial charge in [-0.3, -0.25) is 0 Å². The maximum absolute atomic E-state index is 6.47. The molecule has 0 aliphatic heterocycles. The fourth-order valence-corrected chi connectivity index (χ4v) is 8.98. The van der Waals surface area contributed by atoms with Gasteiger partial charge in [-0.2, -0.15) is 0 Å². The summed E-state index contributed by atoms with van der Waals surface area (Å²) in [6.45, 7) is 0. The second-order valence-electron chi connectivity index (χ2n) is 8.51. The molecular formula is C31H19BrCl2Se. The molecule has 1 aliphatic carbocycles. The van der Waals surface area contributed by atoms with E-state index in [9.17, 15) is 0 Å². The number of halogens is 3. The molecule has 0 radical (unpaired) electrons. The monoisotopic (exact) mass is 620 g/mol. The molecule has 0 bridgehead atoms. The molecule has 4 heteroatoms. The topological polar surface area (TPSA) is 0 Å². The van der Waals surface area contributed by atoms with Crippen molar-refractivity contribution in [3.63, 3.8) is 0 Å². The molecule has 5 aromatic rings. The first kappa shape index (κ1) is 23.1. The minimum atomic E-state index is -0.385. The van der Waals surface area contributed by atoms with Crippen LogP contribution in [0.3, 0.4) is 0 Å². The summed E-state index contributed by atoms with van der Waals surface area (Å²) in [5.41, 5.74) is 7.40. The summed E-state index contributed by atoms with van der Waals surface area (Å²) in [7, 11) is 0. The van der Waals surface area contributed by atoms with Gasteiger partial charge < -0.3 is 0 Å². The third-order valence-corrected chi connectivity index (χ3v) is 11.1. The molecule has 0 saturated carbocycles. The number of benzene rings is 5. The number of hydrogen-bond donors (Lipinski definition) is 0. The number of hydrogen-bond acceptors (Lipinski definition) is 0. The van der Waals surface area contributed by atoms with Crippen molar-refractivity contribution in [2.24, 2.45) is 0 Å². The Kier molecular flexibility index (Phi) is 6.13. The van der Waals surface area contributed by atoms with Crippen LogP contribution in [-0.2, 0) is 5.41 Å². The molecule has 6 rings (SSSR count). The number of rotatable bonds is 4. The van der Waals surface area contributed by atoms with E-state index in [-0.39, 0.29) is 20.4 Å². The van der Waals surface area contributed by atoms with Gasteiger partial charge in [0, 0.05) is 0 Å². The Bertz CT molecular complexity index is 1510. The van der Waals surface area contributed by atoms with Crippen LogP contribution in [0.15, 0.2) is 120 Å². The summed E-state index contributed by atoms with van der Waals surface area (Å²) in [5.74, 6) is 0. The van der Waals surface area contributed by atoms with Crippen molar-refractivity contribution in [3.8, 4) is 11.1 Å². The second-order valence-corrected chi connectivity index (χ2v) is 12.4. The van der Waals surface area contributed by atoms with Gasteiger partial charge in [0.1, 0.15) is 0 Å². The SMILES string of the molecule is Clc1cc(Cl)c(Br)c([Se]c2cccc3c2-c2ccccc2C3(c2ccccc2)c2ccccc2)c1. The van der Waals surface area contributed by atoms with Crippen LogP contribution in [0.5, 0.6) is 0 Å². The summed E-state index contributed by atoms with van der Waals surface area (Å²) in [5, 5.41) is 1.30. The van der Waals surface area contributed by atoms with Crippen LogP contribution in [0.4, 0.5) is 0 Å². The molecular weight excluding hydrogens is 602 g/mol. The fraction of sp³-hybridized carbons (Fsp3) is 0.0323. The van der Waals surface area contributed by atoms with Gasteiger partial charge >= 0.3 is 232 Å². The molecule has 0 heterocycles. The fourth-order valence-electron chi connectivity index (χ4n) is 5.27. The van der Waals surface area contributed by atoms with Crippen LogP contribution in [0.1, 0.15) is 22.3 Å². The molecule has 35 heavy (non-hydrogen) atoms. The van der Waals surface area contributed by atoms with Crippen LogP contribution < -0.4 is 8.92 Å². The first-order valence-electron chi connectivity index (χ1n) is 11.3. The molecule has 5 aromatic carbocycles. The zero-order valence-electron chi connectivity index (χ0n) is 18.5. The van der Waals surface area contributed by atoms with Gasteiger partial charge in [0.15, 0.2) is 0 Å². The Morgan fingerprint density at radius 2 is 1.20 bits per heavy atom. The van der Waals surface area contributed by atoms with E-state index < -0.39 is 0 Å².